The van der Waals surface area contributed by atoms with Crippen molar-refractivity contribution in [2.75, 3.05) is 37.5 Å². The van der Waals surface area contributed by atoms with Crippen LogP contribution in [-0.2, 0) is 0 Å². The van der Waals surface area contributed by atoms with E-state index < -0.39 is 0 Å². The highest BCUT2D eigenvalue weighted by atomic mass is 79.9. The molecule has 0 fully saturated rings. The molecule has 3 N–H and O–H groups in total. The topological polar surface area (TPSA) is 80.5 Å². The van der Waals surface area contributed by atoms with Crippen LogP contribution in [0.25, 0.3) is 0 Å². The van der Waals surface area contributed by atoms with Gasteiger partial charge in [0.15, 0.2) is 0 Å². The summed E-state index contributed by atoms with van der Waals surface area (Å²) < 4.78 is 6.15. The number of nitrogens with zero attached hydrogens (tertiary/aromatic N) is 2. The van der Waals surface area contributed by atoms with Gasteiger partial charge in [-0.1, -0.05) is 0 Å². The number of halogens is 3. The second-order valence-corrected chi connectivity index (χ2v) is 5.95. The molecular weight excluding hydrogens is 431 g/mol. The molecule has 2 rings (SSSR count). The van der Waals surface area contributed by atoms with Crippen molar-refractivity contribution in [2.24, 2.45) is 5.73 Å². The fourth-order valence-corrected chi connectivity index (χ4v) is 2.30. The van der Waals surface area contributed by atoms with Gasteiger partial charge in [-0.05, 0) is 46.3 Å². The molecule has 0 radical (unpaired) electrons. The second kappa shape index (κ2) is 11.1. The molecule has 1 heterocycles. The number of hydrogen-bond donors (Lipinski definition) is 2. The molecule has 1 aromatic carbocycles. The van der Waals surface area contributed by atoms with Gasteiger partial charge in [0.2, 0.25) is 0 Å². The molecule has 0 spiro atoms. The molecule has 1 aromatic heterocycles. The Labute approximate surface area is 168 Å². The third kappa shape index (κ3) is 6.70. The number of pyridine rings is 1. The maximum absolute atomic E-state index is 12.5. The summed E-state index contributed by atoms with van der Waals surface area (Å²) in [7, 11) is 3.69. The number of amides is 1. The predicted molar refractivity (Wildman–Crippen MR) is 110 cm³/mol. The minimum Gasteiger partial charge on any atom is -0.492 e. The van der Waals surface area contributed by atoms with Crippen molar-refractivity contribution in [2.45, 2.75) is 0 Å². The van der Waals surface area contributed by atoms with Gasteiger partial charge in [0.05, 0.1) is 5.56 Å². The van der Waals surface area contributed by atoms with Crippen LogP contribution >= 0.6 is 40.7 Å². The van der Waals surface area contributed by atoms with E-state index in [4.69, 9.17) is 10.5 Å². The first kappa shape index (κ1) is 23.5. The molecule has 0 unspecified atom stereocenters. The van der Waals surface area contributed by atoms with Crippen LogP contribution in [-0.4, -0.2) is 38.1 Å². The van der Waals surface area contributed by atoms with Crippen LogP contribution in [0.3, 0.4) is 0 Å². The largest absolute Gasteiger partial charge is 0.492 e. The molecule has 25 heavy (non-hydrogen) atoms. The van der Waals surface area contributed by atoms with Crippen molar-refractivity contribution >= 4 is 58.2 Å². The summed E-state index contributed by atoms with van der Waals surface area (Å²) >= 11 is 3.34. The Balaban J connectivity index is 0.00000288. The van der Waals surface area contributed by atoms with Crippen molar-refractivity contribution in [3.8, 4) is 5.75 Å². The Morgan fingerprint density at radius 3 is 2.48 bits per heavy atom. The van der Waals surface area contributed by atoms with Crippen molar-refractivity contribution in [3.05, 3.63) is 46.6 Å². The van der Waals surface area contributed by atoms with Gasteiger partial charge in [-0.15, -0.1) is 24.8 Å². The van der Waals surface area contributed by atoms with Crippen LogP contribution in [0.4, 0.5) is 11.5 Å². The first-order valence-electron chi connectivity index (χ1n) is 7.08. The van der Waals surface area contributed by atoms with E-state index in [0.29, 0.717) is 36.0 Å². The highest BCUT2D eigenvalue weighted by molar-refractivity contribution is 9.10. The monoisotopic (exact) mass is 450 g/mol. The van der Waals surface area contributed by atoms with Crippen LogP contribution in [0.15, 0.2) is 41.0 Å². The number of nitrogens with two attached hydrogens (primary N) is 1. The highest BCUT2D eigenvalue weighted by Crippen LogP contribution is 2.22. The Morgan fingerprint density at radius 1 is 1.28 bits per heavy atom. The second-order valence-electron chi connectivity index (χ2n) is 5.03. The number of aromatic nitrogens is 1. The van der Waals surface area contributed by atoms with E-state index in [9.17, 15) is 4.79 Å². The lowest BCUT2D eigenvalue weighted by molar-refractivity contribution is 0.102. The molecule has 0 saturated carbocycles. The molecule has 0 aliphatic rings. The van der Waals surface area contributed by atoms with E-state index in [0.717, 1.165) is 4.47 Å². The van der Waals surface area contributed by atoms with E-state index in [2.05, 4.69) is 26.2 Å². The van der Waals surface area contributed by atoms with Gasteiger partial charge in [-0.2, -0.15) is 0 Å². The first-order chi connectivity index (χ1) is 11.0. The quantitative estimate of drug-likeness (QED) is 0.703. The Hall–Kier alpha value is -1.54. The molecular formula is C16H21BrCl2N4O2. The fraction of sp³-hybridized carbons (Fsp3) is 0.250. The van der Waals surface area contributed by atoms with Crippen molar-refractivity contribution in [3.63, 3.8) is 0 Å². The third-order valence-electron chi connectivity index (χ3n) is 3.00. The molecule has 0 saturated heterocycles. The lowest BCUT2D eigenvalue weighted by atomic mass is 10.2. The lowest BCUT2D eigenvalue weighted by Crippen LogP contribution is -2.19. The lowest BCUT2D eigenvalue weighted by Gasteiger charge is -2.16. The Bertz CT molecular complexity index is 684. The Morgan fingerprint density at radius 2 is 1.92 bits per heavy atom. The number of carbonyl (C=O) groups is 1. The summed E-state index contributed by atoms with van der Waals surface area (Å²) in [6, 6.07) is 8.89. The van der Waals surface area contributed by atoms with E-state index in [-0.39, 0.29) is 30.7 Å². The molecule has 0 atom stereocenters. The van der Waals surface area contributed by atoms with E-state index in [1.165, 1.54) is 0 Å². The van der Waals surface area contributed by atoms with E-state index >= 15 is 0 Å². The van der Waals surface area contributed by atoms with Crippen molar-refractivity contribution in [1.29, 1.82) is 0 Å². The van der Waals surface area contributed by atoms with Crippen molar-refractivity contribution < 1.29 is 9.53 Å². The highest BCUT2D eigenvalue weighted by Gasteiger charge is 2.15. The summed E-state index contributed by atoms with van der Waals surface area (Å²) in [6.45, 7) is 0.920. The zero-order chi connectivity index (χ0) is 16.8. The van der Waals surface area contributed by atoms with Gasteiger partial charge in [0.25, 0.3) is 5.91 Å². The minimum atomic E-state index is -0.224. The van der Waals surface area contributed by atoms with Gasteiger partial charge in [-0.25, -0.2) is 4.98 Å². The SMILES string of the molecule is CN(C)c1ncc(Br)cc1C(=O)Nc1ccc(OCCN)cc1.Cl.Cl. The van der Waals surface area contributed by atoms with Crippen LogP contribution in [0.5, 0.6) is 5.75 Å². The molecule has 138 valence electrons. The summed E-state index contributed by atoms with van der Waals surface area (Å²) in [6.07, 6.45) is 1.66. The van der Waals surface area contributed by atoms with E-state index in [1.807, 2.05) is 14.1 Å². The average Bonchev–Trinajstić information content (AvgIpc) is 2.53. The number of anilines is 2. The standard InChI is InChI=1S/C16H19BrN4O2.2ClH/c1-21(2)15-14(9-11(17)10-19-15)16(22)20-12-3-5-13(6-4-12)23-8-7-18;;/h3-6,9-10H,7-8,18H2,1-2H3,(H,20,22);2*1H. The summed E-state index contributed by atoms with van der Waals surface area (Å²) in [5.74, 6) is 1.10. The molecule has 0 aliphatic carbocycles. The molecule has 2 aromatic rings. The minimum absolute atomic E-state index is 0. The fourth-order valence-electron chi connectivity index (χ4n) is 1.97. The van der Waals surface area contributed by atoms with Crippen LogP contribution in [0.2, 0.25) is 0 Å². The number of ether oxygens (including phenoxy) is 1. The summed E-state index contributed by atoms with van der Waals surface area (Å²) in [5.41, 5.74) is 6.57. The van der Waals surface area contributed by atoms with Crippen LogP contribution in [0.1, 0.15) is 10.4 Å². The van der Waals surface area contributed by atoms with Gasteiger partial charge in [-0.3, -0.25) is 4.79 Å². The molecule has 0 bridgehead atoms. The number of hydrogen-bond acceptors (Lipinski definition) is 5. The molecule has 0 aliphatic heterocycles. The van der Waals surface area contributed by atoms with Gasteiger partial charge in [0, 0.05) is 37.0 Å². The third-order valence-corrected chi connectivity index (χ3v) is 3.43. The number of rotatable bonds is 6. The normalized spacial score (nSPS) is 9.44. The van der Waals surface area contributed by atoms with Gasteiger partial charge < -0.3 is 20.7 Å². The maximum Gasteiger partial charge on any atom is 0.259 e. The Kier molecular flexibility index (Phi) is 10.5. The molecule has 1 amide bonds. The summed E-state index contributed by atoms with van der Waals surface area (Å²) in [4.78, 5) is 18.6. The molecule has 6 nitrogen and oxygen atoms in total. The number of nitrogens with one attached hydrogen (secondary N) is 1. The number of benzene rings is 1. The average molecular weight is 452 g/mol. The van der Waals surface area contributed by atoms with Crippen molar-refractivity contribution in [1.82, 2.24) is 4.98 Å². The molecule has 9 heteroatoms. The van der Waals surface area contributed by atoms with Crippen LogP contribution < -0.4 is 20.7 Å². The van der Waals surface area contributed by atoms with Gasteiger partial charge >= 0.3 is 0 Å². The first-order valence-corrected chi connectivity index (χ1v) is 7.87. The zero-order valence-electron chi connectivity index (χ0n) is 13.9. The summed E-state index contributed by atoms with van der Waals surface area (Å²) in [5, 5.41) is 2.86. The maximum atomic E-state index is 12.5. The number of carbonyl (C=O) groups excluding carboxylic acids is 1. The predicted octanol–water partition coefficient (Wildman–Crippen LogP) is 3.34. The zero-order valence-corrected chi connectivity index (χ0v) is 17.1. The van der Waals surface area contributed by atoms with Gasteiger partial charge in [0.1, 0.15) is 18.2 Å². The smallest absolute Gasteiger partial charge is 0.259 e. The van der Waals surface area contributed by atoms with E-state index in [1.54, 1.807) is 41.4 Å². The van der Waals surface area contributed by atoms with Crippen LogP contribution in [0, 0.1) is 0 Å².